The molecule has 0 bridgehead atoms. The number of aromatic amines is 1. The molecule has 4 N–H and O–H groups in total. The Morgan fingerprint density at radius 3 is 3.00 bits per heavy atom. The number of hydrogen-bond acceptors (Lipinski definition) is 4. The van der Waals surface area contributed by atoms with Crippen LogP contribution in [-0.4, -0.2) is 36.1 Å². The highest BCUT2D eigenvalue weighted by atomic mass is 15.2. The number of H-pyrrole nitrogens is 1. The lowest BCUT2D eigenvalue weighted by Crippen LogP contribution is -2.38. The van der Waals surface area contributed by atoms with Crippen LogP contribution in [0, 0.1) is 11.5 Å². The summed E-state index contributed by atoms with van der Waals surface area (Å²) in [5.74, 6) is 1.38. The number of nitrogens with one attached hydrogen (secondary N) is 4. The molecule has 104 valence electrons. The first-order chi connectivity index (χ1) is 9.83. The molecule has 0 radical (unpaired) electrons. The molecule has 0 spiro atoms. The fraction of sp³-hybridized carbons (Fsp3) is 0.308. The van der Waals surface area contributed by atoms with Crippen LogP contribution in [0.3, 0.4) is 0 Å². The summed E-state index contributed by atoms with van der Waals surface area (Å²) in [6, 6.07) is 7.94. The van der Waals surface area contributed by atoms with Crippen LogP contribution >= 0.6 is 0 Å². The van der Waals surface area contributed by atoms with Gasteiger partial charge in [-0.1, -0.05) is 12.1 Å². The number of guanidine groups is 1. The van der Waals surface area contributed by atoms with Crippen molar-refractivity contribution >= 4 is 17.0 Å². The van der Waals surface area contributed by atoms with Crippen molar-refractivity contribution in [2.75, 3.05) is 20.1 Å². The van der Waals surface area contributed by atoms with Crippen LogP contribution in [0.4, 0.5) is 0 Å². The fourth-order valence-electron chi connectivity index (χ4n) is 1.80. The number of rotatable bonds is 5. The van der Waals surface area contributed by atoms with E-state index >= 15 is 0 Å². The second kappa shape index (κ2) is 7.11. The first-order valence-corrected chi connectivity index (χ1v) is 6.33. The molecular weight excluding hydrogens is 254 g/mol. The Hall–Kier alpha value is -2.59. The van der Waals surface area contributed by atoms with Crippen LogP contribution in [0.15, 0.2) is 29.3 Å². The van der Waals surface area contributed by atoms with Crippen molar-refractivity contribution in [1.29, 1.82) is 5.26 Å². The lowest BCUT2D eigenvalue weighted by atomic mass is 10.3. The van der Waals surface area contributed by atoms with E-state index in [4.69, 9.17) is 5.26 Å². The van der Waals surface area contributed by atoms with Gasteiger partial charge in [0.25, 0.3) is 0 Å². The largest absolute Gasteiger partial charge is 0.354 e. The number of imidazole rings is 1. The minimum absolute atomic E-state index is 0.470. The summed E-state index contributed by atoms with van der Waals surface area (Å²) < 4.78 is 0. The Labute approximate surface area is 117 Å². The summed E-state index contributed by atoms with van der Waals surface area (Å²) in [4.78, 5) is 11.6. The number of fused-ring (bicyclic) bond motifs is 1. The van der Waals surface area contributed by atoms with Gasteiger partial charge in [-0.15, -0.1) is 0 Å². The maximum atomic E-state index is 8.48. The Morgan fingerprint density at radius 1 is 1.40 bits per heavy atom. The molecule has 0 amide bonds. The quantitative estimate of drug-likeness (QED) is 0.206. The van der Waals surface area contributed by atoms with E-state index in [1.807, 2.05) is 30.5 Å². The standard InChI is InChI=1S/C13H17N7/c1-15-13(18-9-14)17-7-6-16-8-12-19-10-4-2-3-5-11(10)20-12/h2-5,16H,6-8H2,1H3,(H,19,20)(H2,15,17,18). The van der Waals surface area contributed by atoms with Crippen molar-refractivity contribution in [2.24, 2.45) is 4.99 Å². The van der Waals surface area contributed by atoms with Crippen molar-refractivity contribution in [3.63, 3.8) is 0 Å². The van der Waals surface area contributed by atoms with Gasteiger partial charge in [-0.25, -0.2) is 4.98 Å². The zero-order valence-corrected chi connectivity index (χ0v) is 11.3. The van der Waals surface area contributed by atoms with Gasteiger partial charge < -0.3 is 15.6 Å². The Balaban J connectivity index is 1.72. The number of hydrogen-bond donors (Lipinski definition) is 4. The minimum atomic E-state index is 0.470. The van der Waals surface area contributed by atoms with Gasteiger partial charge in [-0.3, -0.25) is 10.3 Å². The lowest BCUT2D eigenvalue weighted by molar-refractivity contribution is 0.651. The molecule has 0 aliphatic heterocycles. The van der Waals surface area contributed by atoms with Gasteiger partial charge in [-0.05, 0) is 12.1 Å². The number of aromatic nitrogens is 2. The smallest absolute Gasteiger partial charge is 0.204 e. The molecule has 20 heavy (non-hydrogen) atoms. The van der Waals surface area contributed by atoms with E-state index in [1.165, 1.54) is 0 Å². The molecule has 1 aromatic heterocycles. The van der Waals surface area contributed by atoms with Crippen molar-refractivity contribution in [2.45, 2.75) is 6.54 Å². The molecule has 0 aliphatic rings. The van der Waals surface area contributed by atoms with E-state index in [9.17, 15) is 0 Å². The third kappa shape index (κ3) is 3.70. The number of nitriles is 1. The summed E-state index contributed by atoms with van der Waals surface area (Å²) in [5, 5.41) is 17.2. The SMILES string of the molecule is CN=C(NC#N)NCCNCc1nc2ccccc2[nH]1. The molecular formula is C13H17N7. The monoisotopic (exact) mass is 271 g/mol. The molecule has 7 nitrogen and oxygen atoms in total. The molecule has 0 saturated heterocycles. The topological polar surface area (TPSA) is 101 Å². The van der Waals surface area contributed by atoms with E-state index in [2.05, 4.69) is 30.9 Å². The highest BCUT2D eigenvalue weighted by Gasteiger charge is 2.01. The first kappa shape index (κ1) is 13.8. The van der Waals surface area contributed by atoms with E-state index in [-0.39, 0.29) is 0 Å². The average Bonchev–Trinajstić information content (AvgIpc) is 2.88. The van der Waals surface area contributed by atoms with Gasteiger partial charge in [0.1, 0.15) is 5.82 Å². The van der Waals surface area contributed by atoms with E-state index in [0.717, 1.165) is 23.4 Å². The number of para-hydroxylation sites is 2. The number of nitrogens with zero attached hydrogens (tertiary/aromatic N) is 3. The molecule has 0 aliphatic carbocycles. The molecule has 2 aromatic rings. The summed E-state index contributed by atoms with van der Waals surface area (Å²) in [5.41, 5.74) is 2.02. The molecule has 0 fully saturated rings. The van der Waals surface area contributed by atoms with Gasteiger partial charge >= 0.3 is 0 Å². The summed E-state index contributed by atoms with van der Waals surface area (Å²) in [7, 11) is 1.62. The van der Waals surface area contributed by atoms with Gasteiger partial charge in [0, 0.05) is 20.1 Å². The van der Waals surface area contributed by atoms with E-state index in [0.29, 0.717) is 19.0 Å². The van der Waals surface area contributed by atoms with Gasteiger partial charge in [0.15, 0.2) is 6.19 Å². The van der Waals surface area contributed by atoms with Crippen LogP contribution in [0.25, 0.3) is 11.0 Å². The molecule has 2 rings (SSSR count). The zero-order chi connectivity index (χ0) is 14.2. The maximum absolute atomic E-state index is 8.48. The van der Waals surface area contributed by atoms with Gasteiger partial charge in [0.05, 0.1) is 17.6 Å². The third-order valence-electron chi connectivity index (χ3n) is 2.72. The van der Waals surface area contributed by atoms with Crippen LogP contribution in [0.5, 0.6) is 0 Å². The second-order valence-electron chi connectivity index (χ2n) is 4.11. The Bertz CT molecular complexity index is 590. The normalized spacial score (nSPS) is 11.3. The molecule has 1 aromatic carbocycles. The minimum Gasteiger partial charge on any atom is -0.354 e. The fourth-order valence-corrected chi connectivity index (χ4v) is 1.80. The van der Waals surface area contributed by atoms with Gasteiger partial charge in [0.2, 0.25) is 5.96 Å². The van der Waals surface area contributed by atoms with Crippen molar-refractivity contribution < 1.29 is 0 Å². The third-order valence-corrected chi connectivity index (χ3v) is 2.72. The molecule has 0 unspecified atom stereocenters. The van der Waals surface area contributed by atoms with Crippen LogP contribution < -0.4 is 16.0 Å². The summed E-state index contributed by atoms with van der Waals surface area (Å²) in [6.45, 7) is 2.07. The molecule has 1 heterocycles. The average molecular weight is 271 g/mol. The molecule has 7 heteroatoms. The number of aliphatic imine (C=N–C) groups is 1. The van der Waals surface area contributed by atoms with Crippen LogP contribution in [0.1, 0.15) is 5.82 Å². The summed E-state index contributed by atoms with van der Waals surface area (Å²) in [6.07, 6.45) is 1.82. The van der Waals surface area contributed by atoms with Crippen molar-refractivity contribution in [3.05, 3.63) is 30.1 Å². The summed E-state index contributed by atoms with van der Waals surface area (Å²) >= 11 is 0. The van der Waals surface area contributed by atoms with Crippen LogP contribution in [-0.2, 0) is 6.54 Å². The van der Waals surface area contributed by atoms with Crippen molar-refractivity contribution in [1.82, 2.24) is 25.9 Å². The Morgan fingerprint density at radius 2 is 2.25 bits per heavy atom. The molecule has 0 saturated carbocycles. The molecule has 0 atom stereocenters. The maximum Gasteiger partial charge on any atom is 0.204 e. The highest BCUT2D eigenvalue weighted by molar-refractivity contribution is 5.80. The lowest BCUT2D eigenvalue weighted by Gasteiger charge is -2.07. The first-order valence-electron chi connectivity index (χ1n) is 6.33. The van der Waals surface area contributed by atoms with E-state index < -0.39 is 0 Å². The predicted molar refractivity (Wildman–Crippen MR) is 77.9 cm³/mol. The van der Waals surface area contributed by atoms with E-state index in [1.54, 1.807) is 7.05 Å². The zero-order valence-electron chi connectivity index (χ0n) is 11.3. The second-order valence-corrected chi connectivity index (χ2v) is 4.11. The highest BCUT2D eigenvalue weighted by Crippen LogP contribution is 2.09. The Kier molecular flexibility index (Phi) is 4.92. The van der Waals surface area contributed by atoms with Crippen molar-refractivity contribution in [3.8, 4) is 6.19 Å². The number of benzene rings is 1. The van der Waals surface area contributed by atoms with Crippen LogP contribution in [0.2, 0.25) is 0 Å². The van der Waals surface area contributed by atoms with Gasteiger partial charge in [-0.2, -0.15) is 5.26 Å². The predicted octanol–water partition coefficient (Wildman–Crippen LogP) is 0.299.